The topological polar surface area (TPSA) is 28.4 Å². The second-order valence-corrected chi connectivity index (χ2v) is 4.74. The van der Waals surface area contributed by atoms with Gasteiger partial charge in [0.25, 0.3) is 0 Å². The van der Waals surface area contributed by atoms with Gasteiger partial charge in [-0.2, -0.15) is 0 Å². The van der Waals surface area contributed by atoms with Gasteiger partial charge in [0.05, 0.1) is 6.54 Å². The molecule has 1 N–H and O–H groups in total. The number of para-hydroxylation sites is 1. The maximum absolute atomic E-state index is 6.00. The van der Waals surface area contributed by atoms with E-state index in [2.05, 4.69) is 49.2 Å². The Labute approximate surface area is 115 Å². The number of rotatable bonds is 7. The smallest absolute Gasteiger partial charge is 0.134 e. The predicted octanol–water partition coefficient (Wildman–Crippen LogP) is 3.38. The number of hydrogen-bond donors (Lipinski definition) is 1. The van der Waals surface area contributed by atoms with Crippen molar-refractivity contribution in [2.75, 3.05) is 19.6 Å². The van der Waals surface area contributed by atoms with Crippen molar-refractivity contribution in [3.05, 3.63) is 35.6 Å². The van der Waals surface area contributed by atoms with Crippen LogP contribution in [0.4, 0.5) is 0 Å². The molecule has 3 heteroatoms. The lowest BCUT2D eigenvalue weighted by atomic mass is 10.1. The normalized spacial score (nSPS) is 11.6. The van der Waals surface area contributed by atoms with Crippen molar-refractivity contribution in [3.8, 4) is 0 Å². The number of nitrogens with one attached hydrogen (secondary N) is 1. The van der Waals surface area contributed by atoms with Crippen molar-refractivity contribution in [1.82, 2.24) is 10.2 Å². The van der Waals surface area contributed by atoms with Gasteiger partial charge in [-0.15, -0.1) is 0 Å². The monoisotopic (exact) mass is 260 g/mol. The fraction of sp³-hybridized carbons (Fsp3) is 0.500. The maximum atomic E-state index is 6.00. The molecule has 0 radical (unpaired) electrons. The van der Waals surface area contributed by atoms with Crippen LogP contribution in [0.5, 0.6) is 0 Å². The van der Waals surface area contributed by atoms with Crippen molar-refractivity contribution in [3.63, 3.8) is 0 Å². The zero-order valence-corrected chi connectivity index (χ0v) is 12.2. The van der Waals surface area contributed by atoms with E-state index in [0.717, 1.165) is 44.1 Å². The molecule has 0 bridgehead atoms. The van der Waals surface area contributed by atoms with E-state index >= 15 is 0 Å². The molecule has 1 heterocycles. The van der Waals surface area contributed by atoms with E-state index < -0.39 is 0 Å². The quantitative estimate of drug-likeness (QED) is 0.827. The van der Waals surface area contributed by atoms with Crippen LogP contribution >= 0.6 is 0 Å². The highest BCUT2D eigenvalue weighted by Crippen LogP contribution is 2.27. The van der Waals surface area contributed by atoms with Crippen LogP contribution in [-0.2, 0) is 13.1 Å². The summed E-state index contributed by atoms with van der Waals surface area (Å²) in [5.74, 6) is 1.08. The molecule has 0 saturated carbocycles. The molecule has 0 unspecified atom stereocenters. The number of hydrogen-bond acceptors (Lipinski definition) is 3. The summed E-state index contributed by atoms with van der Waals surface area (Å²) in [6, 6.07) is 8.33. The van der Waals surface area contributed by atoms with Gasteiger partial charge in [-0.25, -0.2) is 0 Å². The Morgan fingerprint density at radius 1 is 1.11 bits per heavy atom. The van der Waals surface area contributed by atoms with E-state index in [-0.39, 0.29) is 0 Å². The highest BCUT2D eigenvalue weighted by Gasteiger charge is 2.15. The summed E-state index contributed by atoms with van der Waals surface area (Å²) in [7, 11) is 0. The molecule has 3 nitrogen and oxygen atoms in total. The summed E-state index contributed by atoms with van der Waals surface area (Å²) in [5, 5.41) is 4.62. The van der Waals surface area contributed by atoms with Gasteiger partial charge in [0.15, 0.2) is 0 Å². The Hall–Kier alpha value is -1.32. The van der Waals surface area contributed by atoms with Crippen LogP contribution in [-0.4, -0.2) is 24.5 Å². The van der Waals surface area contributed by atoms with Crippen LogP contribution in [0.15, 0.2) is 28.7 Å². The zero-order valence-electron chi connectivity index (χ0n) is 12.2. The Morgan fingerprint density at radius 3 is 2.53 bits per heavy atom. The summed E-state index contributed by atoms with van der Waals surface area (Å²) < 4.78 is 6.00. The van der Waals surface area contributed by atoms with Gasteiger partial charge in [-0.05, 0) is 25.7 Å². The van der Waals surface area contributed by atoms with Crippen molar-refractivity contribution in [1.29, 1.82) is 0 Å². The number of benzene rings is 1. The van der Waals surface area contributed by atoms with Gasteiger partial charge >= 0.3 is 0 Å². The molecule has 0 aliphatic heterocycles. The Kier molecular flexibility index (Phi) is 5.00. The molecule has 2 rings (SSSR count). The highest BCUT2D eigenvalue weighted by atomic mass is 16.3. The average Bonchev–Trinajstić information content (AvgIpc) is 2.80. The summed E-state index contributed by atoms with van der Waals surface area (Å²) in [6.07, 6.45) is 0. The standard InChI is InChI=1S/C16H24N2O/c1-4-17-11-16-14(12-18(5-2)6-3)13-9-7-8-10-15(13)19-16/h7-10,17H,4-6,11-12H2,1-3H3. The summed E-state index contributed by atoms with van der Waals surface area (Å²) in [5.41, 5.74) is 2.33. The minimum Gasteiger partial charge on any atom is -0.459 e. The first-order valence-electron chi connectivity index (χ1n) is 7.22. The van der Waals surface area contributed by atoms with Crippen molar-refractivity contribution >= 4 is 11.0 Å². The first-order chi connectivity index (χ1) is 9.30. The molecule has 0 fully saturated rings. The molecule has 1 aromatic heterocycles. The fourth-order valence-corrected chi connectivity index (χ4v) is 2.37. The van der Waals surface area contributed by atoms with Crippen LogP contribution in [0.25, 0.3) is 11.0 Å². The number of nitrogens with zero attached hydrogens (tertiary/aromatic N) is 1. The largest absolute Gasteiger partial charge is 0.459 e. The first-order valence-corrected chi connectivity index (χ1v) is 7.22. The summed E-state index contributed by atoms with van der Waals surface area (Å²) in [4.78, 5) is 2.42. The summed E-state index contributed by atoms with van der Waals surface area (Å²) in [6.45, 7) is 11.4. The fourth-order valence-electron chi connectivity index (χ4n) is 2.37. The van der Waals surface area contributed by atoms with Gasteiger partial charge in [-0.3, -0.25) is 4.90 Å². The van der Waals surface area contributed by atoms with Crippen LogP contribution in [0, 0.1) is 0 Å². The van der Waals surface area contributed by atoms with Crippen LogP contribution in [0.2, 0.25) is 0 Å². The van der Waals surface area contributed by atoms with E-state index in [1.807, 2.05) is 6.07 Å². The minimum absolute atomic E-state index is 0.807. The minimum atomic E-state index is 0.807. The lowest BCUT2D eigenvalue weighted by Crippen LogP contribution is -2.23. The molecule has 0 aliphatic rings. The maximum Gasteiger partial charge on any atom is 0.134 e. The Bertz CT molecular complexity index is 514. The molecule has 2 aromatic rings. The molecular weight excluding hydrogens is 236 g/mol. The van der Waals surface area contributed by atoms with E-state index in [1.54, 1.807) is 0 Å². The predicted molar refractivity (Wildman–Crippen MR) is 80.2 cm³/mol. The third kappa shape index (κ3) is 3.17. The molecule has 104 valence electrons. The molecule has 0 amide bonds. The molecule has 0 aliphatic carbocycles. The van der Waals surface area contributed by atoms with Crippen molar-refractivity contribution in [2.45, 2.75) is 33.9 Å². The van der Waals surface area contributed by atoms with Gasteiger partial charge < -0.3 is 9.73 Å². The van der Waals surface area contributed by atoms with E-state index in [0.29, 0.717) is 0 Å². The van der Waals surface area contributed by atoms with Gasteiger partial charge in [0.1, 0.15) is 11.3 Å². The SMILES string of the molecule is CCNCc1oc2ccccc2c1CN(CC)CC. The lowest BCUT2D eigenvalue weighted by Gasteiger charge is -2.18. The van der Waals surface area contributed by atoms with Gasteiger partial charge in [0, 0.05) is 17.5 Å². The van der Waals surface area contributed by atoms with Gasteiger partial charge in [-0.1, -0.05) is 39.0 Å². The lowest BCUT2D eigenvalue weighted by molar-refractivity contribution is 0.293. The van der Waals surface area contributed by atoms with E-state index in [9.17, 15) is 0 Å². The number of fused-ring (bicyclic) bond motifs is 1. The zero-order chi connectivity index (χ0) is 13.7. The van der Waals surface area contributed by atoms with E-state index in [1.165, 1.54) is 10.9 Å². The molecule has 0 saturated heterocycles. The third-order valence-electron chi connectivity index (χ3n) is 3.59. The molecular formula is C16H24N2O. The number of furan rings is 1. The molecule has 0 spiro atoms. The van der Waals surface area contributed by atoms with Crippen LogP contribution in [0.1, 0.15) is 32.1 Å². The second-order valence-electron chi connectivity index (χ2n) is 4.74. The van der Waals surface area contributed by atoms with Crippen LogP contribution in [0.3, 0.4) is 0 Å². The second kappa shape index (κ2) is 6.73. The van der Waals surface area contributed by atoms with Crippen molar-refractivity contribution < 1.29 is 4.42 Å². The molecule has 1 aromatic carbocycles. The third-order valence-corrected chi connectivity index (χ3v) is 3.59. The summed E-state index contributed by atoms with van der Waals surface area (Å²) >= 11 is 0. The van der Waals surface area contributed by atoms with Gasteiger partial charge in [0.2, 0.25) is 0 Å². The first kappa shape index (κ1) is 14.1. The van der Waals surface area contributed by atoms with Crippen molar-refractivity contribution in [2.24, 2.45) is 0 Å². The average molecular weight is 260 g/mol. The van der Waals surface area contributed by atoms with E-state index in [4.69, 9.17) is 4.42 Å². The molecule has 19 heavy (non-hydrogen) atoms. The molecule has 0 atom stereocenters. The Morgan fingerprint density at radius 2 is 1.84 bits per heavy atom. The van der Waals surface area contributed by atoms with Crippen LogP contribution < -0.4 is 5.32 Å². The Balaban J connectivity index is 2.35. The highest BCUT2D eigenvalue weighted by molar-refractivity contribution is 5.82.